The fourth-order valence-corrected chi connectivity index (χ4v) is 1.99. The molecule has 0 aliphatic rings. The normalized spacial score (nSPS) is 10.8. The van der Waals surface area contributed by atoms with Crippen LogP contribution < -0.4 is 0 Å². The Balaban J connectivity index is 2.52. The van der Waals surface area contributed by atoms with E-state index in [0.717, 1.165) is 22.0 Å². The Hall–Kier alpha value is -1.81. The first kappa shape index (κ1) is 11.7. The fourth-order valence-electron chi connectivity index (χ4n) is 1.99. The van der Waals surface area contributed by atoms with Gasteiger partial charge < -0.3 is 14.8 Å². The summed E-state index contributed by atoms with van der Waals surface area (Å²) in [5.41, 5.74) is 3.48. The summed E-state index contributed by atoms with van der Waals surface area (Å²) in [6.07, 6.45) is 0.614. The molecule has 0 atom stereocenters. The van der Waals surface area contributed by atoms with Crippen molar-refractivity contribution in [3.8, 4) is 0 Å². The number of hydrogen-bond donors (Lipinski definition) is 2. The molecule has 1 heterocycles. The van der Waals surface area contributed by atoms with Crippen molar-refractivity contribution in [2.45, 2.75) is 13.3 Å². The van der Waals surface area contributed by atoms with Crippen LogP contribution in [-0.4, -0.2) is 29.8 Å². The lowest BCUT2D eigenvalue weighted by atomic mass is 10.1. The van der Waals surface area contributed by atoms with Crippen molar-refractivity contribution in [3.05, 3.63) is 35.0 Å². The van der Waals surface area contributed by atoms with E-state index in [4.69, 9.17) is 5.11 Å². The maximum atomic E-state index is 11.4. The number of aromatic amines is 1. The second-order valence-corrected chi connectivity index (χ2v) is 4.02. The van der Waals surface area contributed by atoms with Crippen LogP contribution in [0.15, 0.2) is 18.2 Å². The molecule has 0 saturated heterocycles. The number of methoxy groups -OCH3 is 1. The first-order valence-electron chi connectivity index (χ1n) is 5.47. The molecule has 4 nitrogen and oxygen atoms in total. The number of rotatable bonds is 3. The summed E-state index contributed by atoms with van der Waals surface area (Å²) in [4.78, 5) is 14.4. The number of benzene rings is 1. The van der Waals surface area contributed by atoms with E-state index in [1.54, 1.807) is 6.07 Å². The molecule has 17 heavy (non-hydrogen) atoms. The fraction of sp³-hybridized carbons (Fsp3) is 0.308. The predicted molar refractivity (Wildman–Crippen MR) is 65.2 cm³/mol. The van der Waals surface area contributed by atoms with Gasteiger partial charge in [0.05, 0.1) is 7.11 Å². The molecule has 0 radical (unpaired) electrons. The Kier molecular flexibility index (Phi) is 3.15. The van der Waals surface area contributed by atoms with E-state index in [1.807, 2.05) is 19.1 Å². The number of esters is 1. The largest absolute Gasteiger partial charge is 0.464 e. The number of H-pyrrole nitrogens is 1. The van der Waals surface area contributed by atoms with Gasteiger partial charge in [0.1, 0.15) is 5.69 Å². The van der Waals surface area contributed by atoms with E-state index in [-0.39, 0.29) is 12.6 Å². The summed E-state index contributed by atoms with van der Waals surface area (Å²) in [6.45, 7) is 2.10. The maximum absolute atomic E-state index is 11.4. The molecule has 0 aliphatic heterocycles. The quantitative estimate of drug-likeness (QED) is 0.794. The topological polar surface area (TPSA) is 62.3 Å². The smallest absolute Gasteiger partial charge is 0.354 e. The average molecular weight is 233 g/mol. The summed E-state index contributed by atoms with van der Waals surface area (Å²) >= 11 is 0. The number of ether oxygens (including phenoxy) is 1. The van der Waals surface area contributed by atoms with Crippen LogP contribution in [0.25, 0.3) is 10.9 Å². The highest BCUT2D eigenvalue weighted by molar-refractivity contribution is 5.96. The van der Waals surface area contributed by atoms with E-state index < -0.39 is 0 Å². The highest BCUT2D eigenvalue weighted by Gasteiger charge is 2.11. The number of aromatic nitrogens is 1. The number of aliphatic hydroxyl groups excluding tert-OH is 1. The molecule has 0 fully saturated rings. The van der Waals surface area contributed by atoms with Crippen LogP contribution in [0, 0.1) is 6.92 Å². The van der Waals surface area contributed by atoms with Gasteiger partial charge in [-0.2, -0.15) is 0 Å². The molecule has 2 rings (SSSR count). The lowest BCUT2D eigenvalue weighted by Crippen LogP contribution is -2.00. The van der Waals surface area contributed by atoms with E-state index in [0.29, 0.717) is 12.1 Å². The predicted octanol–water partition coefficient (Wildman–Crippen LogP) is 1.80. The molecule has 0 aliphatic carbocycles. The van der Waals surface area contributed by atoms with E-state index in [9.17, 15) is 4.79 Å². The van der Waals surface area contributed by atoms with Gasteiger partial charge in [-0.05, 0) is 36.6 Å². The van der Waals surface area contributed by atoms with Crippen LogP contribution in [0.2, 0.25) is 0 Å². The van der Waals surface area contributed by atoms with Gasteiger partial charge in [0.2, 0.25) is 0 Å². The molecule has 90 valence electrons. The van der Waals surface area contributed by atoms with Crippen LogP contribution in [-0.2, 0) is 11.2 Å². The Morgan fingerprint density at radius 2 is 2.18 bits per heavy atom. The van der Waals surface area contributed by atoms with Crippen molar-refractivity contribution in [1.82, 2.24) is 4.98 Å². The first-order valence-corrected chi connectivity index (χ1v) is 5.47. The third kappa shape index (κ3) is 2.17. The minimum absolute atomic E-state index is 0.121. The zero-order chi connectivity index (χ0) is 12.4. The van der Waals surface area contributed by atoms with Gasteiger partial charge in [-0.15, -0.1) is 0 Å². The molecule has 0 amide bonds. The highest BCUT2D eigenvalue weighted by atomic mass is 16.5. The van der Waals surface area contributed by atoms with Gasteiger partial charge in [0.25, 0.3) is 0 Å². The molecule has 0 bridgehead atoms. The third-order valence-corrected chi connectivity index (χ3v) is 2.81. The molecule has 1 aromatic heterocycles. The Morgan fingerprint density at radius 1 is 1.41 bits per heavy atom. The van der Waals surface area contributed by atoms with Crippen molar-refractivity contribution in [1.29, 1.82) is 0 Å². The monoisotopic (exact) mass is 233 g/mol. The summed E-state index contributed by atoms with van der Waals surface area (Å²) in [6, 6.07) is 5.76. The molecular formula is C13H15NO3. The molecule has 0 saturated carbocycles. The Bertz CT molecular complexity index is 557. The minimum Gasteiger partial charge on any atom is -0.464 e. The Labute approximate surface area is 99.2 Å². The van der Waals surface area contributed by atoms with Crippen molar-refractivity contribution in [2.24, 2.45) is 0 Å². The third-order valence-electron chi connectivity index (χ3n) is 2.81. The van der Waals surface area contributed by atoms with E-state index in [1.165, 1.54) is 7.11 Å². The molecule has 0 unspecified atom stereocenters. The number of nitrogens with one attached hydrogen (secondary N) is 1. The number of aliphatic hydroxyl groups is 1. The van der Waals surface area contributed by atoms with Gasteiger partial charge in [0.15, 0.2) is 0 Å². The lowest BCUT2D eigenvalue weighted by molar-refractivity contribution is 0.0595. The average Bonchev–Trinajstić information content (AvgIpc) is 2.73. The minimum atomic E-state index is -0.371. The zero-order valence-corrected chi connectivity index (χ0v) is 9.91. The molecule has 4 heteroatoms. The Morgan fingerprint density at radius 3 is 2.82 bits per heavy atom. The van der Waals surface area contributed by atoms with Gasteiger partial charge >= 0.3 is 5.97 Å². The van der Waals surface area contributed by atoms with Gasteiger partial charge in [0, 0.05) is 17.5 Å². The van der Waals surface area contributed by atoms with Crippen molar-refractivity contribution in [2.75, 3.05) is 13.7 Å². The number of carbonyl (C=O) groups excluding carboxylic acids is 1. The summed E-state index contributed by atoms with van der Waals surface area (Å²) in [5.74, 6) is -0.371. The lowest BCUT2D eigenvalue weighted by Gasteiger charge is -2.01. The van der Waals surface area contributed by atoms with E-state index in [2.05, 4.69) is 9.72 Å². The van der Waals surface area contributed by atoms with Crippen LogP contribution in [0.4, 0.5) is 0 Å². The van der Waals surface area contributed by atoms with Crippen LogP contribution >= 0.6 is 0 Å². The summed E-state index contributed by atoms with van der Waals surface area (Å²) in [5, 5.41) is 9.94. The number of carbonyl (C=O) groups is 1. The molecule has 2 aromatic rings. The molecular weight excluding hydrogens is 218 g/mol. The van der Waals surface area contributed by atoms with E-state index >= 15 is 0 Å². The molecule has 2 N–H and O–H groups in total. The SMILES string of the molecule is COC(=O)c1cc2c(C)cc(CCO)cc2[nH]1. The number of aryl methyl sites for hydroxylation is 1. The summed E-state index contributed by atoms with van der Waals surface area (Å²) in [7, 11) is 1.36. The van der Waals surface area contributed by atoms with Crippen molar-refractivity contribution < 1.29 is 14.6 Å². The maximum Gasteiger partial charge on any atom is 0.354 e. The highest BCUT2D eigenvalue weighted by Crippen LogP contribution is 2.22. The van der Waals surface area contributed by atoms with Gasteiger partial charge in [-0.1, -0.05) is 6.07 Å². The second-order valence-electron chi connectivity index (χ2n) is 4.02. The van der Waals surface area contributed by atoms with Crippen LogP contribution in [0.3, 0.4) is 0 Å². The number of hydrogen-bond acceptors (Lipinski definition) is 3. The van der Waals surface area contributed by atoms with Crippen molar-refractivity contribution >= 4 is 16.9 Å². The molecule has 0 spiro atoms. The zero-order valence-electron chi connectivity index (χ0n) is 9.91. The van der Waals surface area contributed by atoms with Gasteiger partial charge in [-0.3, -0.25) is 0 Å². The van der Waals surface area contributed by atoms with Crippen LogP contribution in [0.1, 0.15) is 21.6 Å². The number of fused-ring (bicyclic) bond motifs is 1. The van der Waals surface area contributed by atoms with Crippen molar-refractivity contribution in [3.63, 3.8) is 0 Å². The first-order chi connectivity index (χ1) is 8.15. The molecule has 1 aromatic carbocycles. The standard InChI is InChI=1S/C13H15NO3/c1-8-5-9(3-4-15)6-11-10(8)7-12(14-11)13(16)17-2/h5-7,14-15H,3-4H2,1-2H3. The second kappa shape index (κ2) is 4.59. The van der Waals surface area contributed by atoms with Crippen LogP contribution in [0.5, 0.6) is 0 Å². The summed E-state index contributed by atoms with van der Waals surface area (Å²) < 4.78 is 4.67. The van der Waals surface area contributed by atoms with Gasteiger partial charge in [-0.25, -0.2) is 4.79 Å².